The third-order valence-electron chi connectivity index (χ3n) is 2.47. The van der Waals surface area contributed by atoms with Crippen molar-refractivity contribution >= 4 is 5.97 Å². The molecule has 0 aliphatic heterocycles. The van der Waals surface area contributed by atoms with Crippen LogP contribution in [0.1, 0.15) is 48.0 Å². The standard InChI is InChI=1S/C13H27NO3/c1-9(15)8-17-11(16)10(13(5,6)14)7-12(2,3)4/h9-10,15H,7-8,14H2,1-6H3. The van der Waals surface area contributed by atoms with Crippen LogP contribution in [0.5, 0.6) is 0 Å². The number of rotatable bonds is 5. The number of carbonyl (C=O) groups excluding carboxylic acids is 1. The van der Waals surface area contributed by atoms with Crippen LogP contribution in [0.2, 0.25) is 0 Å². The molecule has 0 rings (SSSR count). The fourth-order valence-corrected chi connectivity index (χ4v) is 1.57. The molecule has 0 fully saturated rings. The molecule has 0 bridgehead atoms. The molecule has 0 aliphatic rings. The number of hydrogen-bond acceptors (Lipinski definition) is 4. The number of hydrogen-bond donors (Lipinski definition) is 2. The van der Waals surface area contributed by atoms with Crippen LogP contribution in [0.25, 0.3) is 0 Å². The van der Waals surface area contributed by atoms with Crippen molar-refractivity contribution in [2.45, 2.75) is 59.6 Å². The van der Waals surface area contributed by atoms with Gasteiger partial charge in [-0.2, -0.15) is 0 Å². The molecular formula is C13H27NO3. The van der Waals surface area contributed by atoms with Crippen LogP contribution in [0.4, 0.5) is 0 Å². The molecule has 2 atom stereocenters. The zero-order chi connectivity index (χ0) is 13.9. The molecule has 4 nitrogen and oxygen atoms in total. The van der Waals surface area contributed by atoms with E-state index in [-0.39, 0.29) is 23.9 Å². The summed E-state index contributed by atoms with van der Waals surface area (Å²) < 4.78 is 5.07. The molecule has 0 radical (unpaired) electrons. The topological polar surface area (TPSA) is 72.5 Å². The van der Waals surface area contributed by atoms with Gasteiger partial charge in [-0.25, -0.2) is 0 Å². The number of carbonyl (C=O) groups is 1. The van der Waals surface area contributed by atoms with Gasteiger partial charge in [0, 0.05) is 5.54 Å². The molecule has 3 N–H and O–H groups in total. The average Bonchev–Trinajstić information content (AvgIpc) is 2.07. The van der Waals surface area contributed by atoms with Crippen LogP contribution in [-0.2, 0) is 9.53 Å². The summed E-state index contributed by atoms with van der Waals surface area (Å²) in [6.07, 6.45) is 0.0184. The summed E-state index contributed by atoms with van der Waals surface area (Å²) in [5, 5.41) is 9.11. The Balaban J connectivity index is 4.65. The van der Waals surface area contributed by atoms with Crippen molar-refractivity contribution in [2.75, 3.05) is 6.61 Å². The number of esters is 1. The predicted molar refractivity (Wildman–Crippen MR) is 68.5 cm³/mol. The summed E-state index contributed by atoms with van der Waals surface area (Å²) in [5.74, 6) is -0.686. The minimum atomic E-state index is -0.643. The van der Waals surface area contributed by atoms with E-state index in [1.54, 1.807) is 6.92 Å². The van der Waals surface area contributed by atoms with Crippen LogP contribution in [0.15, 0.2) is 0 Å². The normalized spacial score (nSPS) is 16.5. The Bertz CT molecular complexity index is 248. The van der Waals surface area contributed by atoms with Crippen molar-refractivity contribution in [1.29, 1.82) is 0 Å². The maximum atomic E-state index is 12.0. The van der Waals surface area contributed by atoms with E-state index in [9.17, 15) is 4.79 Å². The maximum absolute atomic E-state index is 12.0. The van der Waals surface area contributed by atoms with Crippen LogP contribution < -0.4 is 5.73 Å². The van der Waals surface area contributed by atoms with Gasteiger partial charge in [-0.3, -0.25) is 4.79 Å². The molecule has 0 aliphatic carbocycles. The van der Waals surface area contributed by atoms with E-state index < -0.39 is 11.6 Å². The van der Waals surface area contributed by atoms with E-state index in [0.717, 1.165) is 0 Å². The van der Waals surface area contributed by atoms with Crippen molar-refractivity contribution in [3.05, 3.63) is 0 Å². The minimum absolute atomic E-state index is 0.00512. The Hall–Kier alpha value is -0.610. The summed E-state index contributed by atoms with van der Waals surface area (Å²) in [6, 6.07) is 0. The Morgan fingerprint density at radius 1 is 1.29 bits per heavy atom. The first-order chi connectivity index (χ1) is 7.43. The molecule has 0 saturated carbocycles. The highest BCUT2D eigenvalue weighted by atomic mass is 16.5. The van der Waals surface area contributed by atoms with E-state index in [1.165, 1.54) is 0 Å². The van der Waals surface area contributed by atoms with Gasteiger partial charge in [0.1, 0.15) is 6.61 Å². The van der Waals surface area contributed by atoms with Gasteiger partial charge in [0.15, 0.2) is 0 Å². The third kappa shape index (κ3) is 7.34. The lowest BCUT2D eigenvalue weighted by Crippen LogP contribution is -2.47. The van der Waals surface area contributed by atoms with Crippen molar-refractivity contribution in [3.8, 4) is 0 Å². The molecule has 0 aromatic rings. The van der Waals surface area contributed by atoms with Crippen molar-refractivity contribution in [1.82, 2.24) is 0 Å². The fraction of sp³-hybridized carbons (Fsp3) is 0.923. The lowest BCUT2D eigenvalue weighted by molar-refractivity contribution is -0.154. The molecule has 0 heterocycles. The van der Waals surface area contributed by atoms with Gasteiger partial charge in [-0.15, -0.1) is 0 Å². The minimum Gasteiger partial charge on any atom is -0.463 e. The molecule has 0 amide bonds. The average molecular weight is 245 g/mol. The zero-order valence-electron chi connectivity index (χ0n) is 11.9. The Kier molecular flexibility index (Phi) is 5.62. The molecule has 4 heteroatoms. The first-order valence-corrected chi connectivity index (χ1v) is 6.07. The summed E-state index contributed by atoms with van der Waals surface area (Å²) in [6.45, 7) is 11.4. The highest BCUT2D eigenvalue weighted by Crippen LogP contribution is 2.30. The van der Waals surface area contributed by atoms with Crippen LogP contribution in [0, 0.1) is 11.3 Å². The predicted octanol–water partition coefficient (Wildman–Crippen LogP) is 1.70. The largest absolute Gasteiger partial charge is 0.463 e. The Morgan fingerprint density at radius 2 is 1.76 bits per heavy atom. The van der Waals surface area contributed by atoms with E-state index in [2.05, 4.69) is 20.8 Å². The lowest BCUT2D eigenvalue weighted by Gasteiger charge is -2.33. The maximum Gasteiger partial charge on any atom is 0.310 e. The molecule has 17 heavy (non-hydrogen) atoms. The summed E-state index contributed by atoms with van der Waals surface area (Å²) >= 11 is 0. The third-order valence-corrected chi connectivity index (χ3v) is 2.47. The summed E-state index contributed by atoms with van der Waals surface area (Å²) in [5.41, 5.74) is 5.41. The van der Waals surface area contributed by atoms with E-state index in [0.29, 0.717) is 6.42 Å². The second-order valence-corrected chi connectivity index (χ2v) is 6.62. The van der Waals surface area contributed by atoms with Crippen LogP contribution in [-0.4, -0.2) is 29.3 Å². The van der Waals surface area contributed by atoms with Gasteiger partial charge < -0.3 is 15.6 Å². The SMILES string of the molecule is CC(O)COC(=O)C(CC(C)(C)C)C(C)(C)N. The van der Waals surface area contributed by atoms with Gasteiger partial charge in [0.05, 0.1) is 12.0 Å². The molecule has 0 spiro atoms. The summed E-state index contributed by atoms with van der Waals surface area (Å²) in [4.78, 5) is 12.0. The smallest absolute Gasteiger partial charge is 0.310 e. The highest BCUT2D eigenvalue weighted by Gasteiger charge is 2.36. The Morgan fingerprint density at radius 3 is 2.06 bits per heavy atom. The molecule has 102 valence electrons. The van der Waals surface area contributed by atoms with E-state index in [4.69, 9.17) is 15.6 Å². The molecule has 2 unspecified atom stereocenters. The monoisotopic (exact) mass is 245 g/mol. The zero-order valence-corrected chi connectivity index (χ0v) is 11.9. The second kappa shape index (κ2) is 5.83. The van der Waals surface area contributed by atoms with E-state index >= 15 is 0 Å². The number of aliphatic hydroxyl groups excluding tert-OH is 1. The Labute approximate surface area is 105 Å². The van der Waals surface area contributed by atoms with Gasteiger partial charge >= 0.3 is 5.97 Å². The molecule has 0 saturated heterocycles. The van der Waals surface area contributed by atoms with Crippen molar-refractivity contribution < 1.29 is 14.6 Å². The second-order valence-electron chi connectivity index (χ2n) is 6.62. The van der Waals surface area contributed by atoms with Gasteiger partial charge in [-0.1, -0.05) is 20.8 Å². The first-order valence-electron chi connectivity index (χ1n) is 6.07. The number of aliphatic hydroxyl groups is 1. The fourth-order valence-electron chi connectivity index (χ4n) is 1.57. The first kappa shape index (κ1) is 16.4. The van der Waals surface area contributed by atoms with E-state index in [1.807, 2.05) is 13.8 Å². The summed E-state index contributed by atoms with van der Waals surface area (Å²) in [7, 11) is 0. The highest BCUT2D eigenvalue weighted by molar-refractivity contribution is 5.74. The van der Waals surface area contributed by atoms with Crippen LogP contribution in [0.3, 0.4) is 0 Å². The molecule has 0 aromatic heterocycles. The van der Waals surface area contributed by atoms with Gasteiger partial charge in [0.25, 0.3) is 0 Å². The van der Waals surface area contributed by atoms with Gasteiger partial charge in [0.2, 0.25) is 0 Å². The van der Waals surface area contributed by atoms with Crippen molar-refractivity contribution in [2.24, 2.45) is 17.1 Å². The number of nitrogens with two attached hydrogens (primary N) is 1. The molecule has 0 aromatic carbocycles. The van der Waals surface area contributed by atoms with Crippen LogP contribution >= 0.6 is 0 Å². The molecular weight excluding hydrogens is 218 g/mol. The van der Waals surface area contributed by atoms with Gasteiger partial charge in [-0.05, 0) is 32.6 Å². The number of ether oxygens (including phenoxy) is 1. The quantitative estimate of drug-likeness (QED) is 0.723. The van der Waals surface area contributed by atoms with Crippen molar-refractivity contribution in [3.63, 3.8) is 0 Å². The lowest BCUT2D eigenvalue weighted by atomic mass is 9.76.